The molecule has 158 valence electrons. The van der Waals surface area contributed by atoms with Crippen LogP contribution in [0.1, 0.15) is 15.9 Å². The zero-order chi connectivity index (χ0) is 21.8. The van der Waals surface area contributed by atoms with Crippen molar-refractivity contribution in [2.45, 2.75) is 13.2 Å². The standard InChI is InChI=1S/C17H15F2N5O6/c1-28-14(26)8-3-4-9(11(5-8)30-15(18)19)7-24-12-10(6-20-24)21-16(22-13(12)25)23-17(27)29-2/h3-6,15H,7H2,1-2H3,(H2,21,22,23,25,27). The number of nitrogens with one attached hydrogen (secondary N) is 1. The van der Waals surface area contributed by atoms with Crippen molar-refractivity contribution < 1.29 is 37.7 Å². The van der Waals surface area contributed by atoms with E-state index in [1.807, 2.05) is 0 Å². The first-order valence-electron chi connectivity index (χ1n) is 8.26. The minimum atomic E-state index is -3.13. The van der Waals surface area contributed by atoms with Crippen LogP contribution in [0.2, 0.25) is 0 Å². The van der Waals surface area contributed by atoms with Gasteiger partial charge in [0.25, 0.3) is 0 Å². The average molecular weight is 423 g/mol. The number of anilines is 1. The Labute approximate surface area is 167 Å². The van der Waals surface area contributed by atoms with Crippen LogP contribution in [0, 0.1) is 0 Å². The molecule has 0 bridgehead atoms. The summed E-state index contributed by atoms with van der Waals surface area (Å²) in [4.78, 5) is 30.7. The van der Waals surface area contributed by atoms with Gasteiger partial charge in [-0.1, -0.05) is 6.07 Å². The molecule has 0 spiro atoms. The quantitative estimate of drug-likeness (QED) is 0.571. The third-order valence-corrected chi connectivity index (χ3v) is 3.89. The summed E-state index contributed by atoms with van der Waals surface area (Å²) in [6.45, 7) is -3.25. The summed E-state index contributed by atoms with van der Waals surface area (Å²) in [5, 5.41) is 16.5. The van der Waals surface area contributed by atoms with Crippen LogP contribution >= 0.6 is 0 Å². The number of hydrogen-bond acceptors (Lipinski definition) is 9. The highest BCUT2D eigenvalue weighted by molar-refractivity contribution is 5.90. The van der Waals surface area contributed by atoms with Crippen LogP contribution in [0.25, 0.3) is 11.0 Å². The van der Waals surface area contributed by atoms with Crippen molar-refractivity contribution in [3.8, 4) is 11.6 Å². The molecule has 0 fully saturated rings. The van der Waals surface area contributed by atoms with Crippen molar-refractivity contribution >= 4 is 29.0 Å². The van der Waals surface area contributed by atoms with Gasteiger partial charge in [0, 0.05) is 5.56 Å². The van der Waals surface area contributed by atoms with Gasteiger partial charge >= 0.3 is 18.7 Å². The van der Waals surface area contributed by atoms with E-state index in [2.05, 4.69) is 34.6 Å². The fourth-order valence-electron chi connectivity index (χ4n) is 2.59. The molecule has 2 aromatic heterocycles. The molecule has 0 saturated carbocycles. The maximum atomic E-state index is 12.8. The van der Waals surface area contributed by atoms with Crippen molar-refractivity contribution in [3.05, 3.63) is 35.5 Å². The van der Waals surface area contributed by atoms with E-state index in [0.29, 0.717) is 0 Å². The Balaban J connectivity index is 1.97. The van der Waals surface area contributed by atoms with E-state index in [0.717, 1.165) is 20.3 Å². The molecular formula is C17H15F2N5O6. The highest BCUT2D eigenvalue weighted by Crippen LogP contribution is 2.27. The minimum absolute atomic E-state index is 0.0203. The van der Waals surface area contributed by atoms with E-state index in [1.54, 1.807) is 0 Å². The normalized spacial score (nSPS) is 10.8. The van der Waals surface area contributed by atoms with Crippen molar-refractivity contribution in [1.82, 2.24) is 19.7 Å². The van der Waals surface area contributed by atoms with E-state index in [4.69, 9.17) is 0 Å². The Bertz CT molecular complexity index is 1100. The largest absolute Gasteiger partial charge is 0.492 e. The summed E-state index contributed by atoms with van der Waals surface area (Å²) < 4.78 is 40.4. The fourth-order valence-corrected chi connectivity index (χ4v) is 2.59. The third-order valence-electron chi connectivity index (χ3n) is 3.89. The first-order valence-corrected chi connectivity index (χ1v) is 8.26. The maximum absolute atomic E-state index is 12.8. The molecule has 0 unspecified atom stereocenters. The van der Waals surface area contributed by atoms with Crippen molar-refractivity contribution in [1.29, 1.82) is 0 Å². The Morgan fingerprint density at radius 1 is 1.23 bits per heavy atom. The number of rotatable bonds is 6. The van der Waals surface area contributed by atoms with E-state index in [9.17, 15) is 23.5 Å². The van der Waals surface area contributed by atoms with Gasteiger partial charge in [-0.25, -0.2) is 14.6 Å². The van der Waals surface area contributed by atoms with E-state index < -0.39 is 24.6 Å². The molecule has 2 heterocycles. The van der Waals surface area contributed by atoms with Gasteiger partial charge in [0.2, 0.25) is 11.8 Å². The van der Waals surface area contributed by atoms with Crippen LogP contribution in [0.4, 0.5) is 19.5 Å². The van der Waals surface area contributed by atoms with Gasteiger partial charge < -0.3 is 19.3 Å². The van der Waals surface area contributed by atoms with E-state index in [-0.39, 0.29) is 40.4 Å². The van der Waals surface area contributed by atoms with Gasteiger partial charge in [0.05, 0.1) is 32.5 Å². The van der Waals surface area contributed by atoms with Crippen LogP contribution in [-0.4, -0.2) is 57.7 Å². The molecule has 3 aromatic rings. The summed E-state index contributed by atoms with van der Waals surface area (Å²) in [6, 6.07) is 3.89. The molecule has 13 heteroatoms. The van der Waals surface area contributed by atoms with E-state index >= 15 is 0 Å². The Kier molecular flexibility index (Phi) is 5.90. The number of ether oxygens (including phenoxy) is 3. The van der Waals surface area contributed by atoms with E-state index in [1.165, 1.54) is 23.0 Å². The smallest absolute Gasteiger partial charge is 0.413 e. The summed E-state index contributed by atoms with van der Waals surface area (Å²) >= 11 is 0. The molecule has 30 heavy (non-hydrogen) atoms. The Morgan fingerprint density at radius 3 is 2.67 bits per heavy atom. The number of methoxy groups -OCH3 is 2. The zero-order valence-electron chi connectivity index (χ0n) is 15.6. The molecule has 1 amide bonds. The monoisotopic (exact) mass is 423 g/mol. The van der Waals surface area contributed by atoms with Gasteiger partial charge in [0.15, 0.2) is 0 Å². The molecule has 0 saturated heterocycles. The molecular weight excluding hydrogens is 408 g/mol. The SMILES string of the molecule is COC(=O)Nc1nc(O)c2c(cnn2Cc2ccc(C(=O)OC)cc2OC(F)F)n1. The second-order valence-corrected chi connectivity index (χ2v) is 5.72. The first kappa shape index (κ1) is 20.7. The van der Waals surface area contributed by atoms with Crippen LogP contribution in [-0.2, 0) is 16.0 Å². The van der Waals surface area contributed by atoms with Crippen LogP contribution in [0.15, 0.2) is 24.4 Å². The number of aromatic hydroxyl groups is 1. The van der Waals surface area contributed by atoms with Gasteiger partial charge in [0.1, 0.15) is 16.8 Å². The number of carbonyl (C=O) groups excluding carboxylic acids is 2. The zero-order valence-corrected chi connectivity index (χ0v) is 15.6. The van der Waals surface area contributed by atoms with Crippen LogP contribution < -0.4 is 10.1 Å². The Hall–Kier alpha value is -4.03. The molecule has 3 rings (SSSR count). The highest BCUT2D eigenvalue weighted by atomic mass is 19.3. The van der Waals surface area contributed by atoms with Crippen molar-refractivity contribution in [3.63, 3.8) is 0 Å². The number of carbonyl (C=O) groups is 2. The van der Waals surface area contributed by atoms with Gasteiger partial charge in [-0.15, -0.1) is 0 Å². The number of alkyl halides is 2. The topological polar surface area (TPSA) is 138 Å². The summed E-state index contributed by atoms with van der Waals surface area (Å²) in [7, 11) is 2.31. The number of halogens is 2. The number of benzene rings is 1. The molecule has 1 aromatic carbocycles. The molecule has 0 aliphatic carbocycles. The third kappa shape index (κ3) is 4.34. The maximum Gasteiger partial charge on any atom is 0.413 e. The second-order valence-electron chi connectivity index (χ2n) is 5.72. The number of amides is 1. The van der Waals surface area contributed by atoms with Crippen LogP contribution in [0.5, 0.6) is 11.6 Å². The summed E-state index contributed by atoms with van der Waals surface area (Å²) in [6.07, 6.45) is 0.455. The predicted molar refractivity (Wildman–Crippen MR) is 96.5 cm³/mol. The number of nitrogens with zero attached hydrogens (tertiary/aromatic N) is 4. The second kappa shape index (κ2) is 8.55. The predicted octanol–water partition coefficient (Wildman–Crippen LogP) is 2.15. The lowest BCUT2D eigenvalue weighted by Crippen LogP contribution is -2.13. The van der Waals surface area contributed by atoms with Gasteiger partial charge in [-0.05, 0) is 12.1 Å². The lowest BCUT2D eigenvalue weighted by molar-refractivity contribution is -0.0505. The van der Waals surface area contributed by atoms with Crippen LogP contribution in [0.3, 0.4) is 0 Å². The highest BCUT2D eigenvalue weighted by Gasteiger charge is 2.18. The molecule has 0 radical (unpaired) electrons. The molecule has 0 aliphatic rings. The fraction of sp³-hybridized carbons (Fsp3) is 0.235. The number of aromatic nitrogens is 4. The molecule has 0 atom stereocenters. The molecule has 0 aliphatic heterocycles. The average Bonchev–Trinajstić information content (AvgIpc) is 3.11. The minimum Gasteiger partial charge on any atom is -0.492 e. The number of hydrogen-bond donors (Lipinski definition) is 2. The lowest BCUT2D eigenvalue weighted by Gasteiger charge is -2.13. The molecule has 11 nitrogen and oxygen atoms in total. The number of esters is 1. The summed E-state index contributed by atoms with van der Waals surface area (Å²) in [5.41, 5.74) is 0.526. The van der Waals surface area contributed by atoms with Gasteiger partial charge in [-0.2, -0.15) is 18.9 Å². The van der Waals surface area contributed by atoms with Crippen molar-refractivity contribution in [2.24, 2.45) is 0 Å². The molecule has 2 N–H and O–H groups in total. The number of fused-ring (bicyclic) bond motifs is 1. The first-order chi connectivity index (χ1) is 14.3. The lowest BCUT2D eigenvalue weighted by atomic mass is 10.1. The van der Waals surface area contributed by atoms with Gasteiger partial charge in [-0.3, -0.25) is 10.00 Å². The summed E-state index contributed by atoms with van der Waals surface area (Å²) in [5.74, 6) is -1.70. The Morgan fingerprint density at radius 2 is 2.00 bits per heavy atom. The van der Waals surface area contributed by atoms with Crippen molar-refractivity contribution in [2.75, 3.05) is 19.5 Å².